The Balaban J connectivity index is 1.59. The Morgan fingerprint density at radius 2 is 2.03 bits per heavy atom. The highest BCUT2D eigenvalue weighted by Gasteiger charge is 2.27. The molecular formula is C20H26N2O6S. The second-order valence-electron chi connectivity index (χ2n) is 7.17. The van der Waals surface area contributed by atoms with Crippen molar-refractivity contribution in [2.45, 2.75) is 31.1 Å². The lowest BCUT2D eigenvalue weighted by atomic mass is 10.1. The first-order valence-electron chi connectivity index (χ1n) is 9.67. The van der Waals surface area contributed by atoms with Gasteiger partial charge in [0, 0.05) is 18.8 Å². The molecule has 2 aliphatic rings. The number of rotatable bonds is 7. The zero-order valence-electron chi connectivity index (χ0n) is 16.4. The molecule has 1 fully saturated rings. The molecule has 1 saturated heterocycles. The summed E-state index contributed by atoms with van der Waals surface area (Å²) in [6.45, 7) is 2.66. The molecule has 1 N–H and O–H groups in total. The van der Waals surface area contributed by atoms with Gasteiger partial charge in [0.25, 0.3) is 5.91 Å². The van der Waals surface area contributed by atoms with Crippen molar-refractivity contribution in [3.05, 3.63) is 35.9 Å². The highest BCUT2D eigenvalue weighted by atomic mass is 32.2. The van der Waals surface area contributed by atoms with Gasteiger partial charge in [-0.3, -0.25) is 9.59 Å². The van der Waals surface area contributed by atoms with Gasteiger partial charge >= 0.3 is 5.97 Å². The van der Waals surface area contributed by atoms with E-state index in [2.05, 4.69) is 5.32 Å². The number of amides is 1. The van der Waals surface area contributed by atoms with E-state index < -0.39 is 28.5 Å². The summed E-state index contributed by atoms with van der Waals surface area (Å²) in [7, 11) is -3.67. The van der Waals surface area contributed by atoms with Crippen LogP contribution in [0.2, 0.25) is 0 Å². The first-order valence-corrected chi connectivity index (χ1v) is 11.1. The number of allylic oxidation sites excluding steroid dienone is 2. The predicted octanol–water partition coefficient (Wildman–Crippen LogP) is 1.85. The number of aryl methyl sites for hydroxylation is 1. The van der Waals surface area contributed by atoms with Crippen LogP contribution in [0.3, 0.4) is 0 Å². The first-order chi connectivity index (χ1) is 13.9. The molecule has 0 spiro atoms. The van der Waals surface area contributed by atoms with Crippen molar-refractivity contribution < 1.29 is 27.5 Å². The maximum absolute atomic E-state index is 12.8. The van der Waals surface area contributed by atoms with Gasteiger partial charge in [-0.25, -0.2) is 8.42 Å². The van der Waals surface area contributed by atoms with Crippen molar-refractivity contribution in [2.75, 3.05) is 38.2 Å². The van der Waals surface area contributed by atoms with Gasteiger partial charge in [-0.15, -0.1) is 0 Å². The third-order valence-corrected chi connectivity index (χ3v) is 6.89. The van der Waals surface area contributed by atoms with Gasteiger partial charge in [0.15, 0.2) is 6.61 Å². The van der Waals surface area contributed by atoms with Crippen molar-refractivity contribution in [3.63, 3.8) is 0 Å². The molecule has 1 aliphatic carbocycles. The smallest absolute Gasteiger partial charge is 0.306 e. The van der Waals surface area contributed by atoms with E-state index in [0.29, 0.717) is 37.6 Å². The number of anilines is 1. The normalized spacial score (nSPS) is 19.8. The Hall–Kier alpha value is -2.23. The van der Waals surface area contributed by atoms with E-state index in [1.165, 1.54) is 16.4 Å². The van der Waals surface area contributed by atoms with Crippen LogP contribution < -0.4 is 5.32 Å². The molecule has 1 amide bonds. The molecule has 0 bridgehead atoms. The van der Waals surface area contributed by atoms with E-state index in [1.807, 2.05) is 12.2 Å². The van der Waals surface area contributed by atoms with Gasteiger partial charge in [-0.1, -0.05) is 18.2 Å². The number of ether oxygens (including phenoxy) is 2. The lowest BCUT2D eigenvalue weighted by molar-refractivity contribution is -0.147. The molecule has 1 aromatic rings. The summed E-state index contributed by atoms with van der Waals surface area (Å²) in [4.78, 5) is 24.1. The lowest BCUT2D eigenvalue weighted by Gasteiger charge is -2.26. The largest absolute Gasteiger partial charge is 0.456 e. The second-order valence-corrected chi connectivity index (χ2v) is 9.11. The number of esters is 1. The van der Waals surface area contributed by atoms with Crippen molar-refractivity contribution in [3.8, 4) is 0 Å². The van der Waals surface area contributed by atoms with Crippen LogP contribution in [-0.4, -0.2) is 57.5 Å². The standard InChI is InChI=1S/C20H26N2O6S/c1-15-6-7-17(29(25,26)22-8-10-27-11-9-22)13-18(15)21-19(23)14-28-20(24)12-16-4-2-3-5-16/h2,4,6-7,13,16H,3,5,8-12,14H2,1H3,(H,21,23)/t16-/m0/s1. The van der Waals surface area contributed by atoms with E-state index in [9.17, 15) is 18.0 Å². The second kappa shape index (κ2) is 9.51. The minimum Gasteiger partial charge on any atom is -0.456 e. The number of benzene rings is 1. The molecule has 1 aromatic carbocycles. The summed E-state index contributed by atoms with van der Waals surface area (Å²) in [5.41, 5.74) is 1.08. The molecule has 1 atom stereocenters. The maximum atomic E-state index is 12.8. The van der Waals surface area contributed by atoms with Gasteiger partial charge in [-0.05, 0) is 43.4 Å². The number of nitrogens with zero attached hydrogens (tertiary/aromatic N) is 1. The summed E-state index contributed by atoms with van der Waals surface area (Å²) in [5, 5.41) is 2.64. The van der Waals surface area contributed by atoms with E-state index in [1.54, 1.807) is 13.0 Å². The predicted molar refractivity (Wildman–Crippen MR) is 107 cm³/mol. The number of nitrogens with one attached hydrogen (secondary N) is 1. The summed E-state index contributed by atoms with van der Waals surface area (Å²) < 4.78 is 37.2. The van der Waals surface area contributed by atoms with Crippen molar-refractivity contribution in [1.29, 1.82) is 0 Å². The number of carbonyl (C=O) groups excluding carboxylic acids is 2. The zero-order valence-corrected chi connectivity index (χ0v) is 17.2. The number of sulfonamides is 1. The molecular weight excluding hydrogens is 396 g/mol. The topological polar surface area (TPSA) is 102 Å². The number of carbonyl (C=O) groups is 2. The molecule has 3 rings (SSSR count). The molecule has 0 aromatic heterocycles. The van der Waals surface area contributed by atoms with Crippen LogP contribution in [0.4, 0.5) is 5.69 Å². The molecule has 1 heterocycles. The van der Waals surface area contributed by atoms with Crippen LogP contribution in [0.15, 0.2) is 35.2 Å². The fourth-order valence-electron chi connectivity index (χ4n) is 3.30. The van der Waals surface area contributed by atoms with Crippen LogP contribution in [-0.2, 0) is 29.1 Å². The van der Waals surface area contributed by atoms with E-state index in [4.69, 9.17) is 9.47 Å². The molecule has 158 valence electrons. The van der Waals surface area contributed by atoms with Crippen molar-refractivity contribution in [2.24, 2.45) is 5.92 Å². The minimum atomic E-state index is -3.67. The summed E-state index contributed by atoms with van der Waals surface area (Å²) >= 11 is 0. The summed E-state index contributed by atoms with van der Waals surface area (Å²) in [6, 6.07) is 4.59. The Kier molecular flexibility index (Phi) is 7.05. The van der Waals surface area contributed by atoms with Gasteiger partial charge < -0.3 is 14.8 Å². The first kappa shape index (κ1) is 21.5. The molecule has 29 heavy (non-hydrogen) atoms. The van der Waals surface area contributed by atoms with Gasteiger partial charge in [0.1, 0.15) is 0 Å². The van der Waals surface area contributed by atoms with E-state index in [-0.39, 0.29) is 17.2 Å². The van der Waals surface area contributed by atoms with Crippen LogP contribution >= 0.6 is 0 Å². The molecule has 8 nitrogen and oxygen atoms in total. The highest BCUT2D eigenvalue weighted by molar-refractivity contribution is 7.89. The molecule has 0 saturated carbocycles. The molecule has 1 aliphatic heterocycles. The average molecular weight is 423 g/mol. The third kappa shape index (κ3) is 5.65. The maximum Gasteiger partial charge on any atom is 0.306 e. The Bertz CT molecular complexity index is 890. The van der Waals surface area contributed by atoms with Crippen molar-refractivity contribution in [1.82, 2.24) is 4.31 Å². The lowest BCUT2D eigenvalue weighted by Crippen LogP contribution is -2.40. The zero-order chi connectivity index (χ0) is 20.9. The van der Waals surface area contributed by atoms with Crippen LogP contribution in [0, 0.1) is 12.8 Å². The number of hydrogen-bond donors (Lipinski definition) is 1. The fraction of sp³-hybridized carbons (Fsp3) is 0.500. The van der Waals surface area contributed by atoms with Gasteiger partial charge in [0.2, 0.25) is 10.0 Å². The molecule has 0 unspecified atom stereocenters. The van der Waals surface area contributed by atoms with Crippen molar-refractivity contribution >= 4 is 27.6 Å². The SMILES string of the molecule is Cc1ccc(S(=O)(=O)N2CCOCC2)cc1NC(=O)COC(=O)C[C@H]1C=CCC1. The fourth-order valence-corrected chi connectivity index (χ4v) is 4.74. The average Bonchev–Trinajstić information content (AvgIpc) is 3.21. The number of hydrogen-bond acceptors (Lipinski definition) is 6. The quantitative estimate of drug-likeness (QED) is 0.532. The molecule has 0 radical (unpaired) electrons. The highest BCUT2D eigenvalue weighted by Crippen LogP contribution is 2.24. The molecule has 9 heteroatoms. The Morgan fingerprint density at radius 1 is 1.28 bits per heavy atom. The van der Waals surface area contributed by atoms with Crippen LogP contribution in [0.5, 0.6) is 0 Å². The minimum absolute atomic E-state index is 0.102. The van der Waals surface area contributed by atoms with E-state index >= 15 is 0 Å². The third-order valence-electron chi connectivity index (χ3n) is 5.00. The monoisotopic (exact) mass is 422 g/mol. The Labute approximate surface area is 170 Å². The van der Waals surface area contributed by atoms with Gasteiger partial charge in [-0.2, -0.15) is 4.31 Å². The Morgan fingerprint density at radius 3 is 2.72 bits per heavy atom. The van der Waals surface area contributed by atoms with Gasteiger partial charge in [0.05, 0.1) is 24.5 Å². The van der Waals surface area contributed by atoms with Crippen LogP contribution in [0.1, 0.15) is 24.8 Å². The summed E-state index contributed by atoms with van der Waals surface area (Å²) in [5.74, 6) is -0.753. The number of morpholine rings is 1. The van der Waals surface area contributed by atoms with Crippen LogP contribution in [0.25, 0.3) is 0 Å². The van der Waals surface area contributed by atoms with E-state index in [0.717, 1.165) is 12.8 Å². The summed E-state index contributed by atoms with van der Waals surface area (Å²) in [6.07, 6.45) is 6.17.